The van der Waals surface area contributed by atoms with Gasteiger partial charge in [0.2, 0.25) is 11.8 Å². The molecule has 1 aromatic carbocycles. The molecule has 2 aromatic heterocycles. The van der Waals surface area contributed by atoms with Crippen molar-refractivity contribution >= 4 is 28.8 Å². The maximum absolute atomic E-state index is 13.7. The quantitative estimate of drug-likeness (QED) is 0.546. The van der Waals surface area contributed by atoms with E-state index in [1.807, 2.05) is 61.7 Å². The molecule has 0 spiro atoms. The number of nitrogens with one attached hydrogen (secondary N) is 1. The van der Waals surface area contributed by atoms with Crippen molar-refractivity contribution in [3.05, 3.63) is 81.8 Å². The first kappa shape index (κ1) is 22.2. The number of nitrogens with zero attached hydrogens (tertiary/aromatic N) is 2. The minimum Gasteiger partial charge on any atom is -0.351 e. The molecule has 32 heavy (non-hydrogen) atoms. The second kappa shape index (κ2) is 10.1. The highest BCUT2D eigenvalue weighted by Crippen LogP contribution is 2.31. The maximum Gasteiger partial charge on any atom is 0.248 e. The highest BCUT2D eigenvalue weighted by molar-refractivity contribution is 7.10. The van der Waals surface area contributed by atoms with Crippen molar-refractivity contribution in [3.8, 4) is 0 Å². The summed E-state index contributed by atoms with van der Waals surface area (Å²) < 4.78 is 0. The second-order valence-electron chi connectivity index (χ2n) is 8.46. The van der Waals surface area contributed by atoms with Gasteiger partial charge in [-0.15, -0.1) is 11.3 Å². The summed E-state index contributed by atoms with van der Waals surface area (Å²) in [6, 6.07) is 12.9. The topological polar surface area (TPSA) is 62.3 Å². The number of amides is 2. The third kappa shape index (κ3) is 5.07. The number of hydrogen-bond acceptors (Lipinski definition) is 4. The molecule has 5 nitrogen and oxygen atoms in total. The molecule has 1 fully saturated rings. The predicted molar refractivity (Wildman–Crippen MR) is 129 cm³/mol. The molecule has 1 aliphatic rings. The van der Waals surface area contributed by atoms with Crippen LogP contribution < -0.4 is 10.2 Å². The van der Waals surface area contributed by atoms with E-state index in [9.17, 15) is 9.59 Å². The molecule has 2 heterocycles. The summed E-state index contributed by atoms with van der Waals surface area (Å²) in [5.74, 6) is -0.236. The molecular formula is C26H29N3O2S. The van der Waals surface area contributed by atoms with Gasteiger partial charge in [0, 0.05) is 29.0 Å². The van der Waals surface area contributed by atoms with Gasteiger partial charge >= 0.3 is 0 Å². The highest BCUT2D eigenvalue weighted by atomic mass is 32.1. The molecule has 166 valence electrons. The Hall–Kier alpha value is -2.99. The Bertz CT molecular complexity index is 1060. The zero-order chi connectivity index (χ0) is 22.5. The maximum atomic E-state index is 13.7. The molecule has 6 heteroatoms. The van der Waals surface area contributed by atoms with E-state index in [2.05, 4.69) is 10.3 Å². The largest absolute Gasteiger partial charge is 0.351 e. The number of carbonyl (C=O) groups is 2. The molecule has 1 N–H and O–H groups in total. The zero-order valence-corrected chi connectivity index (χ0v) is 19.4. The van der Waals surface area contributed by atoms with Gasteiger partial charge in [-0.25, -0.2) is 0 Å². The lowest BCUT2D eigenvalue weighted by molar-refractivity contribution is -0.127. The standard InChI is InChI=1S/C26H29N3O2S/c1-18-9-10-22(16-19(18)2)29(24(30)17-23-8-5-15-32-23)25(20-11-13-27-14-12-20)26(31)28-21-6-3-4-7-21/h5,8-16,21,25H,3-4,6-7,17H2,1-2H3,(H,28,31)/t25-/m1/s1. The SMILES string of the molecule is Cc1ccc(N(C(=O)Cc2cccs2)[C@@H](C(=O)NC2CCCC2)c2ccncc2)cc1C. The molecule has 4 rings (SSSR count). The molecular weight excluding hydrogens is 418 g/mol. The molecule has 3 aromatic rings. The van der Waals surface area contributed by atoms with Gasteiger partial charge in [-0.05, 0) is 79.1 Å². The Kier molecular flexibility index (Phi) is 7.00. The van der Waals surface area contributed by atoms with Crippen LogP contribution in [0.3, 0.4) is 0 Å². The van der Waals surface area contributed by atoms with E-state index in [-0.39, 0.29) is 24.3 Å². The number of benzene rings is 1. The third-order valence-electron chi connectivity index (χ3n) is 6.17. The van der Waals surface area contributed by atoms with Crippen molar-refractivity contribution < 1.29 is 9.59 Å². The predicted octanol–water partition coefficient (Wildman–Crippen LogP) is 5.14. The van der Waals surface area contributed by atoms with Crippen LogP contribution in [0.25, 0.3) is 0 Å². The first-order valence-corrected chi connectivity index (χ1v) is 12.0. The van der Waals surface area contributed by atoms with Gasteiger partial charge in [-0.1, -0.05) is 25.0 Å². The number of aryl methyl sites for hydroxylation is 2. The van der Waals surface area contributed by atoms with Crippen LogP contribution in [0.15, 0.2) is 60.2 Å². The van der Waals surface area contributed by atoms with Crippen LogP contribution in [0.4, 0.5) is 5.69 Å². The van der Waals surface area contributed by atoms with Gasteiger partial charge in [0.25, 0.3) is 0 Å². The van der Waals surface area contributed by atoms with E-state index in [0.717, 1.165) is 52.9 Å². The Balaban J connectivity index is 1.76. The van der Waals surface area contributed by atoms with Crippen LogP contribution in [0.1, 0.15) is 53.3 Å². The molecule has 0 unspecified atom stereocenters. The summed E-state index contributed by atoms with van der Waals surface area (Å²) in [7, 11) is 0. The lowest BCUT2D eigenvalue weighted by Crippen LogP contribution is -2.46. The first-order chi connectivity index (χ1) is 15.5. The minimum atomic E-state index is -0.756. The molecule has 2 amide bonds. The number of aromatic nitrogens is 1. The Morgan fingerprint density at radius 3 is 2.50 bits per heavy atom. The van der Waals surface area contributed by atoms with Crippen LogP contribution in [-0.4, -0.2) is 22.8 Å². The molecule has 0 aliphatic heterocycles. The zero-order valence-electron chi connectivity index (χ0n) is 18.6. The van der Waals surface area contributed by atoms with E-state index >= 15 is 0 Å². The number of anilines is 1. The first-order valence-electron chi connectivity index (χ1n) is 11.1. The van der Waals surface area contributed by atoms with Crippen LogP contribution in [0.5, 0.6) is 0 Å². The van der Waals surface area contributed by atoms with Crippen LogP contribution in [-0.2, 0) is 16.0 Å². The van der Waals surface area contributed by atoms with Crippen LogP contribution in [0, 0.1) is 13.8 Å². The number of rotatable bonds is 7. The van der Waals surface area contributed by atoms with Gasteiger partial charge in [-0.3, -0.25) is 19.5 Å². The van der Waals surface area contributed by atoms with Crippen molar-refractivity contribution in [3.63, 3.8) is 0 Å². The third-order valence-corrected chi connectivity index (χ3v) is 7.05. The highest BCUT2D eigenvalue weighted by Gasteiger charge is 2.34. The van der Waals surface area contributed by atoms with Crippen LogP contribution >= 0.6 is 11.3 Å². The van der Waals surface area contributed by atoms with Gasteiger partial charge in [0.15, 0.2) is 0 Å². The van der Waals surface area contributed by atoms with E-state index in [1.54, 1.807) is 28.6 Å². The van der Waals surface area contributed by atoms with Crippen molar-refractivity contribution in [2.24, 2.45) is 0 Å². The Morgan fingerprint density at radius 2 is 1.84 bits per heavy atom. The fourth-order valence-corrected chi connectivity index (χ4v) is 4.97. The molecule has 0 bridgehead atoms. The molecule has 0 saturated heterocycles. The number of carbonyl (C=O) groups excluding carboxylic acids is 2. The number of pyridine rings is 1. The Labute approximate surface area is 193 Å². The van der Waals surface area contributed by atoms with Crippen molar-refractivity contribution in [2.75, 3.05) is 4.90 Å². The summed E-state index contributed by atoms with van der Waals surface area (Å²) >= 11 is 1.55. The average Bonchev–Trinajstić information content (AvgIpc) is 3.49. The van der Waals surface area contributed by atoms with Gasteiger partial charge < -0.3 is 5.32 Å². The lowest BCUT2D eigenvalue weighted by Gasteiger charge is -2.32. The van der Waals surface area contributed by atoms with E-state index in [1.165, 1.54) is 0 Å². The smallest absolute Gasteiger partial charge is 0.248 e. The summed E-state index contributed by atoms with van der Waals surface area (Å²) in [6.45, 7) is 4.07. The molecule has 1 atom stereocenters. The molecule has 1 aliphatic carbocycles. The fourth-order valence-electron chi connectivity index (χ4n) is 4.27. The van der Waals surface area contributed by atoms with E-state index in [4.69, 9.17) is 0 Å². The van der Waals surface area contributed by atoms with Crippen LogP contribution in [0.2, 0.25) is 0 Å². The van der Waals surface area contributed by atoms with Gasteiger partial charge in [-0.2, -0.15) is 0 Å². The van der Waals surface area contributed by atoms with Crippen molar-refractivity contribution in [1.82, 2.24) is 10.3 Å². The summed E-state index contributed by atoms with van der Waals surface area (Å²) in [4.78, 5) is 34.1. The summed E-state index contributed by atoms with van der Waals surface area (Å²) in [5, 5.41) is 5.19. The van der Waals surface area contributed by atoms with E-state index in [0.29, 0.717) is 0 Å². The van der Waals surface area contributed by atoms with Gasteiger partial charge in [0.05, 0.1) is 6.42 Å². The fraction of sp³-hybridized carbons (Fsp3) is 0.346. The molecule has 1 saturated carbocycles. The van der Waals surface area contributed by atoms with Crippen molar-refractivity contribution in [1.29, 1.82) is 0 Å². The molecule has 0 radical (unpaired) electrons. The number of thiophene rings is 1. The normalized spacial score (nSPS) is 14.8. The van der Waals surface area contributed by atoms with E-state index < -0.39 is 6.04 Å². The second-order valence-corrected chi connectivity index (χ2v) is 9.49. The minimum absolute atomic E-state index is 0.0981. The monoisotopic (exact) mass is 447 g/mol. The number of hydrogen-bond donors (Lipinski definition) is 1. The average molecular weight is 448 g/mol. The van der Waals surface area contributed by atoms with Crippen molar-refractivity contribution in [2.45, 2.75) is 58.0 Å². The summed E-state index contributed by atoms with van der Waals surface area (Å²) in [5.41, 5.74) is 3.72. The summed E-state index contributed by atoms with van der Waals surface area (Å²) in [6.07, 6.45) is 7.83. The van der Waals surface area contributed by atoms with Gasteiger partial charge in [0.1, 0.15) is 6.04 Å². The Morgan fingerprint density at radius 1 is 1.09 bits per heavy atom. The lowest BCUT2D eigenvalue weighted by atomic mass is 10.0.